The van der Waals surface area contributed by atoms with Crippen molar-refractivity contribution >= 4 is 6.09 Å². The van der Waals surface area contributed by atoms with E-state index < -0.39 is 6.09 Å². The number of nitrogens with one attached hydrogen (secondary N) is 1. The van der Waals surface area contributed by atoms with Crippen LogP contribution in [0, 0.1) is 0 Å². The summed E-state index contributed by atoms with van der Waals surface area (Å²) < 4.78 is 4.95. The largest absolute Gasteiger partial charge is 0.414 e. The molecule has 1 amide bonds. The van der Waals surface area contributed by atoms with Crippen LogP contribution in [0.3, 0.4) is 0 Å². The van der Waals surface area contributed by atoms with E-state index in [1.54, 1.807) is 42.9 Å². The Kier molecular flexibility index (Phi) is 3.64. The lowest BCUT2D eigenvalue weighted by Gasteiger charge is -2.05. The number of hydrogen-bond acceptors (Lipinski definition) is 4. The molecular formula is C12H11N3O2. The van der Waals surface area contributed by atoms with Gasteiger partial charge in [-0.1, -0.05) is 12.1 Å². The lowest BCUT2D eigenvalue weighted by molar-refractivity contribution is 0.198. The van der Waals surface area contributed by atoms with Crippen molar-refractivity contribution in [3.63, 3.8) is 0 Å². The molecule has 86 valence electrons. The summed E-state index contributed by atoms with van der Waals surface area (Å²) in [7, 11) is 0. The molecule has 0 saturated carbocycles. The third-order valence-corrected chi connectivity index (χ3v) is 1.99. The third-order valence-electron chi connectivity index (χ3n) is 1.99. The van der Waals surface area contributed by atoms with Gasteiger partial charge in [0.2, 0.25) is 5.88 Å². The highest BCUT2D eigenvalue weighted by Gasteiger charge is 2.03. The van der Waals surface area contributed by atoms with Gasteiger partial charge in [0, 0.05) is 31.2 Å². The Bertz CT molecular complexity index is 474. The van der Waals surface area contributed by atoms with E-state index in [1.807, 2.05) is 6.07 Å². The lowest BCUT2D eigenvalue weighted by atomic mass is 10.3. The zero-order valence-electron chi connectivity index (χ0n) is 9.04. The zero-order valence-corrected chi connectivity index (χ0v) is 9.04. The number of amides is 1. The van der Waals surface area contributed by atoms with E-state index in [1.165, 1.54) is 0 Å². The van der Waals surface area contributed by atoms with Gasteiger partial charge in [-0.25, -0.2) is 9.78 Å². The number of hydrogen-bond donors (Lipinski definition) is 1. The van der Waals surface area contributed by atoms with Crippen molar-refractivity contribution in [1.29, 1.82) is 0 Å². The number of nitrogens with zero attached hydrogens (tertiary/aromatic N) is 2. The molecule has 0 aliphatic heterocycles. The third kappa shape index (κ3) is 3.57. The maximum atomic E-state index is 11.4. The molecule has 0 unspecified atom stereocenters. The average Bonchev–Trinajstić information content (AvgIpc) is 2.39. The molecule has 2 aromatic heterocycles. The van der Waals surface area contributed by atoms with Crippen LogP contribution >= 0.6 is 0 Å². The fourth-order valence-corrected chi connectivity index (χ4v) is 1.22. The van der Waals surface area contributed by atoms with Gasteiger partial charge < -0.3 is 10.1 Å². The molecule has 0 radical (unpaired) electrons. The number of aromatic nitrogens is 2. The first-order chi connectivity index (χ1) is 8.34. The first-order valence-corrected chi connectivity index (χ1v) is 5.10. The van der Waals surface area contributed by atoms with Crippen LogP contribution in [0.5, 0.6) is 5.88 Å². The zero-order chi connectivity index (χ0) is 11.9. The summed E-state index contributed by atoms with van der Waals surface area (Å²) in [6.07, 6.45) is 4.38. The van der Waals surface area contributed by atoms with Crippen LogP contribution in [0.25, 0.3) is 0 Å². The van der Waals surface area contributed by atoms with Crippen LogP contribution in [0.2, 0.25) is 0 Å². The molecule has 5 nitrogen and oxygen atoms in total. The number of carbonyl (C=O) groups excluding carboxylic acids is 1. The Balaban J connectivity index is 1.83. The predicted molar refractivity (Wildman–Crippen MR) is 61.3 cm³/mol. The summed E-state index contributed by atoms with van der Waals surface area (Å²) in [4.78, 5) is 19.2. The van der Waals surface area contributed by atoms with Gasteiger partial charge in [-0.15, -0.1) is 0 Å². The summed E-state index contributed by atoms with van der Waals surface area (Å²) in [6, 6.07) is 8.79. The van der Waals surface area contributed by atoms with Crippen molar-refractivity contribution in [3.8, 4) is 5.88 Å². The van der Waals surface area contributed by atoms with Crippen molar-refractivity contribution in [2.24, 2.45) is 0 Å². The highest BCUT2D eigenvalue weighted by atomic mass is 16.6. The Morgan fingerprint density at radius 1 is 1.24 bits per heavy atom. The van der Waals surface area contributed by atoms with Gasteiger partial charge in [0.15, 0.2) is 0 Å². The Hall–Kier alpha value is -2.43. The van der Waals surface area contributed by atoms with Crippen molar-refractivity contribution in [2.45, 2.75) is 6.54 Å². The normalized spacial score (nSPS) is 9.65. The van der Waals surface area contributed by atoms with Crippen LogP contribution in [0.15, 0.2) is 48.9 Å². The molecule has 0 spiro atoms. The van der Waals surface area contributed by atoms with Crippen LogP contribution < -0.4 is 10.1 Å². The molecule has 17 heavy (non-hydrogen) atoms. The second-order valence-electron chi connectivity index (χ2n) is 3.27. The van der Waals surface area contributed by atoms with Gasteiger partial charge in [-0.2, -0.15) is 0 Å². The number of pyridine rings is 2. The van der Waals surface area contributed by atoms with Crippen molar-refractivity contribution < 1.29 is 9.53 Å². The Labute approximate surface area is 98.5 Å². The number of carbonyl (C=O) groups is 1. The maximum absolute atomic E-state index is 11.4. The minimum absolute atomic E-state index is 0.274. The van der Waals surface area contributed by atoms with E-state index in [-0.39, 0.29) is 5.88 Å². The van der Waals surface area contributed by atoms with Crippen molar-refractivity contribution in [2.75, 3.05) is 0 Å². The molecule has 0 aliphatic rings. The van der Waals surface area contributed by atoms with E-state index >= 15 is 0 Å². The summed E-state index contributed by atoms with van der Waals surface area (Å²) >= 11 is 0. The lowest BCUT2D eigenvalue weighted by Crippen LogP contribution is -2.26. The molecule has 0 aromatic carbocycles. The van der Waals surface area contributed by atoms with Gasteiger partial charge in [0.25, 0.3) is 0 Å². The molecule has 5 heteroatoms. The van der Waals surface area contributed by atoms with Crippen LogP contribution in [-0.2, 0) is 6.54 Å². The molecular weight excluding hydrogens is 218 g/mol. The van der Waals surface area contributed by atoms with Crippen LogP contribution in [0.4, 0.5) is 4.79 Å². The second kappa shape index (κ2) is 5.60. The van der Waals surface area contributed by atoms with E-state index in [9.17, 15) is 4.79 Å². The molecule has 2 rings (SSSR count). The summed E-state index contributed by atoms with van der Waals surface area (Å²) in [6.45, 7) is 0.375. The summed E-state index contributed by atoms with van der Waals surface area (Å²) in [5.41, 5.74) is 0.908. The maximum Gasteiger partial charge on any atom is 0.414 e. The molecule has 0 bridgehead atoms. The van der Waals surface area contributed by atoms with E-state index in [0.717, 1.165) is 5.56 Å². The minimum atomic E-state index is -0.535. The highest BCUT2D eigenvalue weighted by Crippen LogP contribution is 2.03. The van der Waals surface area contributed by atoms with E-state index in [0.29, 0.717) is 6.54 Å². The molecule has 0 fully saturated rings. The summed E-state index contributed by atoms with van der Waals surface area (Å²) in [5, 5.41) is 2.61. The first-order valence-electron chi connectivity index (χ1n) is 5.10. The fourth-order valence-electron chi connectivity index (χ4n) is 1.22. The smallest absolute Gasteiger partial charge is 0.391 e. The van der Waals surface area contributed by atoms with E-state index in [4.69, 9.17) is 4.74 Å². The monoisotopic (exact) mass is 229 g/mol. The molecule has 2 aromatic rings. The summed E-state index contributed by atoms with van der Waals surface area (Å²) in [5.74, 6) is 0.274. The van der Waals surface area contributed by atoms with Gasteiger partial charge in [0.1, 0.15) is 0 Å². The van der Waals surface area contributed by atoms with Gasteiger partial charge >= 0.3 is 6.09 Å². The molecule has 0 saturated heterocycles. The van der Waals surface area contributed by atoms with E-state index in [2.05, 4.69) is 15.3 Å². The Morgan fingerprint density at radius 3 is 2.88 bits per heavy atom. The second-order valence-corrected chi connectivity index (χ2v) is 3.27. The molecule has 2 heterocycles. The van der Waals surface area contributed by atoms with Gasteiger partial charge in [-0.3, -0.25) is 4.98 Å². The topological polar surface area (TPSA) is 64.1 Å². The molecule has 0 aliphatic carbocycles. The molecule has 1 N–H and O–H groups in total. The first kappa shape index (κ1) is 11.1. The quantitative estimate of drug-likeness (QED) is 0.871. The van der Waals surface area contributed by atoms with Crippen LogP contribution in [-0.4, -0.2) is 16.1 Å². The van der Waals surface area contributed by atoms with Crippen LogP contribution in [0.1, 0.15) is 5.56 Å². The van der Waals surface area contributed by atoms with Crippen molar-refractivity contribution in [1.82, 2.24) is 15.3 Å². The fraction of sp³-hybridized carbons (Fsp3) is 0.0833. The van der Waals surface area contributed by atoms with Gasteiger partial charge in [-0.05, 0) is 17.7 Å². The number of ether oxygens (including phenoxy) is 1. The standard InChI is InChI=1S/C12H11N3O2/c16-12(17-11-5-1-2-7-14-11)15-9-10-4-3-6-13-8-10/h1-8H,9H2,(H,15,16). The Morgan fingerprint density at radius 2 is 2.18 bits per heavy atom. The SMILES string of the molecule is O=C(NCc1cccnc1)Oc1ccccn1. The number of rotatable bonds is 3. The highest BCUT2D eigenvalue weighted by molar-refractivity contribution is 5.69. The minimum Gasteiger partial charge on any atom is -0.391 e. The average molecular weight is 229 g/mol. The molecule has 0 atom stereocenters. The predicted octanol–water partition coefficient (Wildman–Crippen LogP) is 1.77. The van der Waals surface area contributed by atoms with Crippen molar-refractivity contribution in [3.05, 3.63) is 54.5 Å². The van der Waals surface area contributed by atoms with Gasteiger partial charge in [0.05, 0.1) is 0 Å².